The van der Waals surface area contributed by atoms with Gasteiger partial charge in [-0.05, 0) is 86.4 Å². The van der Waals surface area contributed by atoms with E-state index in [0.717, 1.165) is 11.1 Å². The molecule has 5 rings (SSSR count). The molecule has 4 aromatic carbocycles. The van der Waals surface area contributed by atoms with E-state index in [4.69, 9.17) is 0 Å². The summed E-state index contributed by atoms with van der Waals surface area (Å²) >= 11 is 0. The minimum atomic E-state index is -0.906. The molecule has 0 unspecified atom stereocenters. The first-order chi connectivity index (χ1) is 16.7. The van der Waals surface area contributed by atoms with Crippen LogP contribution < -0.4 is 0 Å². The first-order valence-electron chi connectivity index (χ1n) is 12.3. The zero-order valence-electron chi connectivity index (χ0n) is 20.9. The van der Waals surface area contributed by atoms with Crippen molar-refractivity contribution in [3.63, 3.8) is 0 Å². The second-order valence-electron chi connectivity index (χ2n) is 11.0. The predicted molar refractivity (Wildman–Crippen MR) is 145 cm³/mol. The zero-order chi connectivity index (χ0) is 24.8. The maximum Gasteiger partial charge on any atom is 0.335 e. The van der Waals surface area contributed by atoms with Crippen molar-refractivity contribution in [3.8, 4) is 33.4 Å². The van der Waals surface area contributed by atoms with E-state index in [1.54, 1.807) is 12.1 Å². The fourth-order valence-electron chi connectivity index (χ4n) is 5.39. The van der Waals surface area contributed by atoms with E-state index in [1.165, 1.54) is 46.2 Å². The molecule has 0 spiro atoms. The number of hydrogen-bond donors (Lipinski definition) is 1. The lowest BCUT2D eigenvalue weighted by Crippen LogP contribution is -2.33. The van der Waals surface area contributed by atoms with Gasteiger partial charge in [0.25, 0.3) is 0 Å². The Morgan fingerprint density at radius 2 is 1.20 bits per heavy atom. The van der Waals surface area contributed by atoms with Crippen molar-refractivity contribution in [2.75, 3.05) is 0 Å². The normalized spacial score (nSPS) is 15.9. The topological polar surface area (TPSA) is 37.3 Å². The largest absolute Gasteiger partial charge is 0.478 e. The van der Waals surface area contributed by atoms with Crippen molar-refractivity contribution in [1.82, 2.24) is 0 Å². The molecule has 0 atom stereocenters. The zero-order valence-corrected chi connectivity index (χ0v) is 20.9. The number of benzene rings is 4. The molecule has 1 N–H and O–H groups in total. The molecule has 0 heterocycles. The average molecular weight is 461 g/mol. The molecule has 2 nitrogen and oxygen atoms in total. The summed E-state index contributed by atoms with van der Waals surface area (Å²) in [5.41, 5.74) is 10.4. The third-order valence-corrected chi connectivity index (χ3v) is 7.73. The van der Waals surface area contributed by atoms with Crippen LogP contribution in [0.25, 0.3) is 33.4 Å². The molecule has 0 fully saturated rings. The van der Waals surface area contributed by atoms with Crippen molar-refractivity contribution in [2.45, 2.75) is 51.4 Å². The molecular formula is C33H32O2. The van der Waals surface area contributed by atoms with Gasteiger partial charge in [0, 0.05) is 0 Å². The van der Waals surface area contributed by atoms with E-state index in [0.29, 0.717) is 5.56 Å². The third-order valence-electron chi connectivity index (χ3n) is 7.73. The van der Waals surface area contributed by atoms with Gasteiger partial charge in [-0.15, -0.1) is 0 Å². The first-order valence-corrected chi connectivity index (χ1v) is 12.3. The molecule has 0 saturated heterocycles. The SMILES string of the molecule is CC1(C)CCC(C)(C)c2cc(-c3cc(-c4ccc(C(=O)O)cc4)ccc3-c3ccccc3)ccc21. The molecule has 0 saturated carbocycles. The van der Waals surface area contributed by atoms with E-state index in [9.17, 15) is 9.90 Å². The van der Waals surface area contributed by atoms with Crippen molar-refractivity contribution < 1.29 is 9.90 Å². The van der Waals surface area contributed by atoms with E-state index in [-0.39, 0.29) is 10.8 Å². The minimum Gasteiger partial charge on any atom is -0.478 e. The lowest BCUT2D eigenvalue weighted by Gasteiger charge is -2.42. The first kappa shape index (κ1) is 23.1. The molecule has 1 aliphatic carbocycles. The number of hydrogen-bond acceptors (Lipinski definition) is 1. The summed E-state index contributed by atoms with van der Waals surface area (Å²) in [6, 6.07) is 31.3. The van der Waals surface area contributed by atoms with Crippen LogP contribution in [0.2, 0.25) is 0 Å². The van der Waals surface area contributed by atoms with Crippen LogP contribution in [0, 0.1) is 0 Å². The molecule has 0 bridgehead atoms. The van der Waals surface area contributed by atoms with Crippen molar-refractivity contribution in [1.29, 1.82) is 0 Å². The Hall–Kier alpha value is -3.65. The average Bonchev–Trinajstić information content (AvgIpc) is 2.87. The second kappa shape index (κ2) is 8.53. The molecular weight excluding hydrogens is 428 g/mol. The van der Waals surface area contributed by atoms with Crippen molar-refractivity contribution >= 4 is 5.97 Å². The highest BCUT2D eigenvalue weighted by Crippen LogP contribution is 2.47. The van der Waals surface area contributed by atoms with Crippen LogP contribution in [0.4, 0.5) is 0 Å². The number of aromatic carboxylic acids is 1. The number of carboxylic acids is 1. The molecule has 176 valence electrons. The highest BCUT2D eigenvalue weighted by molar-refractivity contribution is 5.90. The Kier molecular flexibility index (Phi) is 5.63. The fourth-order valence-corrected chi connectivity index (χ4v) is 5.39. The second-order valence-corrected chi connectivity index (χ2v) is 11.0. The minimum absolute atomic E-state index is 0.137. The fraction of sp³-hybridized carbons (Fsp3) is 0.242. The van der Waals surface area contributed by atoms with Crippen LogP contribution in [0.1, 0.15) is 62.0 Å². The van der Waals surface area contributed by atoms with Crippen LogP contribution in [-0.2, 0) is 10.8 Å². The molecule has 1 aliphatic rings. The van der Waals surface area contributed by atoms with Crippen LogP contribution >= 0.6 is 0 Å². The predicted octanol–water partition coefficient (Wildman–Crippen LogP) is 8.73. The molecule has 2 heteroatoms. The van der Waals surface area contributed by atoms with E-state index in [2.05, 4.69) is 88.4 Å². The van der Waals surface area contributed by atoms with Crippen molar-refractivity contribution in [3.05, 3.63) is 108 Å². The van der Waals surface area contributed by atoms with Gasteiger partial charge in [-0.25, -0.2) is 4.79 Å². The van der Waals surface area contributed by atoms with Gasteiger partial charge in [0.15, 0.2) is 0 Å². The maximum absolute atomic E-state index is 11.3. The molecule has 35 heavy (non-hydrogen) atoms. The van der Waals surface area contributed by atoms with Gasteiger partial charge < -0.3 is 5.11 Å². The summed E-state index contributed by atoms with van der Waals surface area (Å²) in [7, 11) is 0. The third kappa shape index (κ3) is 4.30. The van der Waals surface area contributed by atoms with Gasteiger partial charge in [0.2, 0.25) is 0 Å². The standard InChI is InChI=1S/C33H32O2/c1-32(2)18-19-33(3,4)30-21-26(15-17-29(30)32)28-20-25(22-10-12-24(13-11-22)31(34)35)14-16-27(28)23-8-6-5-7-9-23/h5-17,20-21H,18-19H2,1-4H3,(H,34,35). The van der Waals surface area contributed by atoms with Crippen LogP contribution in [0.3, 0.4) is 0 Å². The lowest BCUT2D eigenvalue weighted by atomic mass is 9.63. The lowest BCUT2D eigenvalue weighted by molar-refractivity contribution is 0.0697. The summed E-state index contributed by atoms with van der Waals surface area (Å²) in [4.78, 5) is 11.3. The van der Waals surface area contributed by atoms with Crippen LogP contribution in [0.5, 0.6) is 0 Å². The van der Waals surface area contributed by atoms with E-state index >= 15 is 0 Å². The molecule has 0 amide bonds. The summed E-state index contributed by atoms with van der Waals surface area (Å²) in [6.45, 7) is 9.45. The monoisotopic (exact) mass is 460 g/mol. The number of fused-ring (bicyclic) bond motifs is 1. The number of carbonyl (C=O) groups is 1. The highest BCUT2D eigenvalue weighted by atomic mass is 16.4. The maximum atomic E-state index is 11.3. The number of rotatable bonds is 4. The Labute approximate surface area is 208 Å². The van der Waals surface area contributed by atoms with Gasteiger partial charge in [-0.3, -0.25) is 0 Å². The Morgan fingerprint density at radius 1 is 0.600 bits per heavy atom. The van der Waals surface area contributed by atoms with Gasteiger partial charge in [0.1, 0.15) is 0 Å². The van der Waals surface area contributed by atoms with Gasteiger partial charge in [-0.1, -0.05) is 100 Å². The highest BCUT2D eigenvalue weighted by Gasteiger charge is 2.37. The summed E-state index contributed by atoms with van der Waals surface area (Å²) < 4.78 is 0. The smallest absolute Gasteiger partial charge is 0.335 e. The molecule has 0 aliphatic heterocycles. The quantitative estimate of drug-likeness (QED) is 0.330. The van der Waals surface area contributed by atoms with Gasteiger partial charge >= 0.3 is 5.97 Å². The Bertz CT molecular complexity index is 1390. The Morgan fingerprint density at radius 3 is 1.86 bits per heavy atom. The van der Waals surface area contributed by atoms with Gasteiger partial charge in [-0.2, -0.15) is 0 Å². The summed E-state index contributed by atoms with van der Waals surface area (Å²) in [6.07, 6.45) is 2.38. The van der Waals surface area contributed by atoms with Crippen LogP contribution in [0.15, 0.2) is 91.0 Å². The Balaban J connectivity index is 1.69. The van der Waals surface area contributed by atoms with Gasteiger partial charge in [0.05, 0.1) is 5.56 Å². The number of carboxylic acid groups (broad SMARTS) is 1. The summed E-state index contributed by atoms with van der Waals surface area (Å²) in [5.74, 6) is -0.906. The van der Waals surface area contributed by atoms with E-state index < -0.39 is 5.97 Å². The van der Waals surface area contributed by atoms with E-state index in [1.807, 2.05) is 18.2 Å². The summed E-state index contributed by atoms with van der Waals surface area (Å²) in [5, 5.41) is 9.28. The van der Waals surface area contributed by atoms with Crippen LogP contribution in [-0.4, -0.2) is 11.1 Å². The van der Waals surface area contributed by atoms with Crippen molar-refractivity contribution in [2.24, 2.45) is 0 Å². The molecule has 0 radical (unpaired) electrons. The molecule has 0 aromatic heterocycles. The molecule has 4 aromatic rings.